The lowest BCUT2D eigenvalue weighted by atomic mass is 10.0. The van der Waals surface area contributed by atoms with Crippen LogP contribution in [0.2, 0.25) is 0 Å². The van der Waals surface area contributed by atoms with Crippen LogP contribution in [0.3, 0.4) is 0 Å². The number of piperazine rings is 1. The molecule has 33 heavy (non-hydrogen) atoms. The van der Waals surface area contributed by atoms with E-state index in [4.69, 9.17) is 0 Å². The van der Waals surface area contributed by atoms with Crippen LogP contribution in [-0.2, 0) is 4.79 Å². The van der Waals surface area contributed by atoms with Crippen LogP contribution < -0.4 is 4.90 Å². The Hall–Kier alpha value is -3.33. The molecule has 1 amide bonds. The lowest BCUT2D eigenvalue weighted by molar-refractivity contribution is -0.384. The number of hydrogen-bond donors (Lipinski definition) is 0. The molecule has 2 aromatic carbocycles. The summed E-state index contributed by atoms with van der Waals surface area (Å²) in [6.07, 6.45) is 3.67. The van der Waals surface area contributed by atoms with Crippen molar-refractivity contribution in [2.75, 3.05) is 36.8 Å². The molecular weight excluding hydrogens is 438 g/mol. The van der Waals surface area contributed by atoms with Crippen molar-refractivity contribution < 1.29 is 9.72 Å². The maximum Gasteiger partial charge on any atom is 0.269 e. The molecular formula is C24H27N5O3S. The van der Waals surface area contributed by atoms with Crippen molar-refractivity contribution in [2.24, 2.45) is 0 Å². The maximum absolute atomic E-state index is 12.8. The summed E-state index contributed by atoms with van der Waals surface area (Å²) in [5.41, 5.74) is 3.34. The average molecular weight is 466 g/mol. The van der Waals surface area contributed by atoms with E-state index >= 15 is 0 Å². The zero-order valence-corrected chi connectivity index (χ0v) is 19.6. The summed E-state index contributed by atoms with van der Waals surface area (Å²) in [4.78, 5) is 31.7. The quantitative estimate of drug-likeness (QED) is 0.293. The molecule has 8 nitrogen and oxygen atoms in total. The fraction of sp³-hybridized carbons (Fsp3) is 0.333. The number of imidazole rings is 1. The molecule has 9 heteroatoms. The Morgan fingerprint density at radius 2 is 1.67 bits per heavy atom. The third-order valence-electron chi connectivity index (χ3n) is 5.83. The van der Waals surface area contributed by atoms with E-state index in [1.807, 2.05) is 15.7 Å². The molecule has 1 saturated heterocycles. The van der Waals surface area contributed by atoms with Crippen LogP contribution in [-0.4, -0.2) is 57.2 Å². The first-order chi connectivity index (χ1) is 15.9. The van der Waals surface area contributed by atoms with Gasteiger partial charge in [-0.25, -0.2) is 4.98 Å². The molecule has 0 atom stereocenters. The van der Waals surface area contributed by atoms with Crippen LogP contribution in [0.15, 0.2) is 66.1 Å². The Bertz CT molecular complexity index is 1100. The van der Waals surface area contributed by atoms with Gasteiger partial charge in [0.1, 0.15) is 0 Å². The summed E-state index contributed by atoms with van der Waals surface area (Å²) in [5, 5.41) is 11.6. The summed E-state index contributed by atoms with van der Waals surface area (Å²) in [6.45, 7) is 6.99. The molecule has 0 radical (unpaired) electrons. The molecule has 4 rings (SSSR count). The minimum atomic E-state index is -0.399. The van der Waals surface area contributed by atoms with Crippen molar-refractivity contribution in [1.29, 1.82) is 0 Å². The molecule has 1 aliphatic rings. The first kappa shape index (κ1) is 22.8. The van der Waals surface area contributed by atoms with Crippen LogP contribution in [0.4, 0.5) is 11.4 Å². The first-order valence-corrected chi connectivity index (χ1v) is 11.9. The average Bonchev–Trinajstić information content (AvgIpc) is 3.31. The van der Waals surface area contributed by atoms with Crippen molar-refractivity contribution in [2.45, 2.75) is 24.9 Å². The number of rotatable bonds is 7. The standard InChI is InChI=1S/C24H27N5O3S/c1-18(2)19-3-5-21(6-4-19)28-12-11-25-24(28)33-17-23(30)27-15-13-26(14-16-27)20-7-9-22(10-8-20)29(31)32/h3-12,18H,13-17H2,1-2H3. The monoisotopic (exact) mass is 465 g/mol. The highest BCUT2D eigenvalue weighted by atomic mass is 32.2. The van der Waals surface area contributed by atoms with Gasteiger partial charge in [-0.15, -0.1) is 0 Å². The largest absolute Gasteiger partial charge is 0.368 e. The number of nitrogens with zero attached hydrogens (tertiary/aromatic N) is 5. The number of anilines is 1. The van der Waals surface area contributed by atoms with Crippen LogP contribution >= 0.6 is 11.8 Å². The molecule has 3 aromatic rings. The summed E-state index contributed by atoms with van der Waals surface area (Å²) in [6, 6.07) is 15.0. The molecule has 172 valence electrons. The van der Waals surface area contributed by atoms with E-state index in [1.165, 1.54) is 29.5 Å². The zero-order valence-electron chi connectivity index (χ0n) is 18.8. The molecule has 0 spiro atoms. The van der Waals surface area contributed by atoms with E-state index in [-0.39, 0.29) is 11.6 Å². The smallest absolute Gasteiger partial charge is 0.269 e. The lowest BCUT2D eigenvalue weighted by Crippen LogP contribution is -2.49. The number of amides is 1. The van der Waals surface area contributed by atoms with Gasteiger partial charge in [-0.3, -0.25) is 19.5 Å². The minimum absolute atomic E-state index is 0.0822. The minimum Gasteiger partial charge on any atom is -0.368 e. The number of thioether (sulfide) groups is 1. The molecule has 2 heterocycles. The van der Waals surface area contributed by atoms with E-state index in [0.717, 1.165) is 16.5 Å². The van der Waals surface area contributed by atoms with E-state index < -0.39 is 4.92 Å². The number of nitro benzene ring substituents is 1. The Morgan fingerprint density at radius 3 is 2.27 bits per heavy atom. The third kappa shape index (κ3) is 5.36. The second-order valence-electron chi connectivity index (χ2n) is 8.26. The van der Waals surface area contributed by atoms with Crippen LogP contribution in [0.5, 0.6) is 0 Å². The van der Waals surface area contributed by atoms with Crippen molar-refractivity contribution in [1.82, 2.24) is 14.5 Å². The second-order valence-corrected chi connectivity index (χ2v) is 9.20. The molecule has 1 aromatic heterocycles. The lowest BCUT2D eigenvalue weighted by Gasteiger charge is -2.36. The van der Waals surface area contributed by atoms with E-state index in [2.05, 4.69) is 48.0 Å². The van der Waals surface area contributed by atoms with Gasteiger partial charge in [0, 0.05) is 62.1 Å². The van der Waals surface area contributed by atoms with E-state index in [1.54, 1.807) is 18.3 Å². The normalized spacial score (nSPS) is 14.0. The highest BCUT2D eigenvalue weighted by molar-refractivity contribution is 7.99. The number of nitro groups is 1. The van der Waals surface area contributed by atoms with E-state index in [0.29, 0.717) is 37.8 Å². The van der Waals surface area contributed by atoms with Gasteiger partial charge in [-0.05, 0) is 35.7 Å². The Kier molecular flexibility index (Phi) is 6.98. The highest BCUT2D eigenvalue weighted by Crippen LogP contribution is 2.24. The summed E-state index contributed by atoms with van der Waals surface area (Å²) < 4.78 is 2.01. The predicted octanol–water partition coefficient (Wildman–Crippen LogP) is 4.34. The fourth-order valence-electron chi connectivity index (χ4n) is 3.83. The molecule has 0 unspecified atom stereocenters. The first-order valence-electron chi connectivity index (χ1n) is 11.0. The molecule has 0 N–H and O–H groups in total. The van der Waals surface area contributed by atoms with Gasteiger partial charge < -0.3 is 9.80 Å². The molecule has 1 fully saturated rings. The van der Waals surface area contributed by atoms with Crippen molar-refractivity contribution in [3.63, 3.8) is 0 Å². The highest BCUT2D eigenvalue weighted by Gasteiger charge is 2.22. The molecule has 0 saturated carbocycles. The van der Waals surface area contributed by atoms with Gasteiger partial charge in [-0.1, -0.05) is 37.7 Å². The van der Waals surface area contributed by atoms with Crippen LogP contribution in [0, 0.1) is 10.1 Å². The Balaban J connectivity index is 1.31. The summed E-state index contributed by atoms with van der Waals surface area (Å²) in [7, 11) is 0. The third-order valence-corrected chi connectivity index (χ3v) is 6.78. The molecule has 0 aliphatic carbocycles. The summed E-state index contributed by atoms with van der Waals surface area (Å²) in [5.74, 6) is 0.903. The molecule has 1 aliphatic heterocycles. The zero-order chi connectivity index (χ0) is 23.4. The van der Waals surface area contributed by atoms with Gasteiger partial charge in [0.15, 0.2) is 5.16 Å². The number of benzene rings is 2. The van der Waals surface area contributed by atoms with Crippen molar-refractivity contribution in [3.05, 3.63) is 76.6 Å². The molecule has 0 bridgehead atoms. The topological polar surface area (TPSA) is 84.5 Å². The fourth-order valence-corrected chi connectivity index (χ4v) is 4.71. The number of carbonyl (C=O) groups is 1. The van der Waals surface area contributed by atoms with Crippen LogP contribution in [0.1, 0.15) is 25.3 Å². The van der Waals surface area contributed by atoms with Gasteiger partial charge in [0.05, 0.1) is 10.7 Å². The van der Waals surface area contributed by atoms with E-state index in [9.17, 15) is 14.9 Å². The number of carbonyl (C=O) groups excluding carboxylic acids is 1. The number of non-ortho nitro benzene ring substituents is 1. The predicted molar refractivity (Wildman–Crippen MR) is 130 cm³/mol. The van der Waals surface area contributed by atoms with Gasteiger partial charge in [0.2, 0.25) is 5.91 Å². The summed E-state index contributed by atoms with van der Waals surface area (Å²) >= 11 is 1.45. The van der Waals surface area contributed by atoms with Crippen molar-refractivity contribution >= 4 is 29.0 Å². The maximum atomic E-state index is 12.8. The Morgan fingerprint density at radius 1 is 1.03 bits per heavy atom. The van der Waals surface area contributed by atoms with Crippen molar-refractivity contribution in [3.8, 4) is 5.69 Å². The van der Waals surface area contributed by atoms with Crippen LogP contribution in [0.25, 0.3) is 5.69 Å². The Labute approximate surface area is 197 Å². The van der Waals surface area contributed by atoms with Gasteiger partial charge in [-0.2, -0.15) is 0 Å². The SMILES string of the molecule is CC(C)c1ccc(-n2ccnc2SCC(=O)N2CCN(c3ccc([N+](=O)[O-])cc3)CC2)cc1. The number of aromatic nitrogens is 2. The number of hydrogen-bond acceptors (Lipinski definition) is 6. The second kappa shape index (κ2) is 10.1. The van der Waals surface area contributed by atoms with Gasteiger partial charge in [0.25, 0.3) is 5.69 Å². The van der Waals surface area contributed by atoms with Gasteiger partial charge >= 0.3 is 0 Å².